The molecule has 0 saturated carbocycles. The molecule has 0 aliphatic rings. The third kappa shape index (κ3) is 4.94. The second kappa shape index (κ2) is 7.24. The van der Waals surface area contributed by atoms with Gasteiger partial charge in [0, 0.05) is 12.1 Å². The molecule has 98 valence electrons. The van der Waals surface area contributed by atoms with Gasteiger partial charge in [0.2, 0.25) is 0 Å². The largest absolute Gasteiger partial charge is 0.387 e. The van der Waals surface area contributed by atoms with Crippen molar-refractivity contribution in [3.63, 3.8) is 0 Å². The Labute approximate surface area is 116 Å². The van der Waals surface area contributed by atoms with E-state index >= 15 is 0 Å². The number of carbonyl (C=O) groups is 1. The quantitative estimate of drug-likeness (QED) is 0.647. The lowest BCUT2D eigenvalue weighted by molar-refractivity contribution is 0.259. The van der Waals surface area contributed by atoms with Crippen molar-refractivity contribution in [2.75, 3.05) is 5.32 Å². The molecule has 18 heavy (non-hydrogen) atoms. The standard InChI is InChI=1S/C12H15Cl2N3O/c1-2-3-4-11(15)17-12(18)16-8-5-6-9(13)10(14)7-8/h5-7H,2-4H2,1H3,(H3,15,16,17,18). The van der Waals surface area contributed by atoms with E-state index in [9.17, 15) is 4.79 Å². The minimum atomic E-state index is -0.512. The molecule has 0 aromatic heterocycles. The Morgan fingerprint density at radius 3 is 2.72 bits per heavy atom. The molecule has 1 rings (SSSR count). The van der Waals surface area contributed by atoms with Gasteiger partial charge in [0.15, 0.2) is 0 Å². The summed E-state index contributed by atoms with van der Waals surface area (Å²) in [5, 5.41) is 3.37. The van der Waals surface area contributed by atoms with Crippen molar-refractivity contribution in [2.24, 2.45) is 10.7 Å². The van der Waals surface area contributed by atoms with Crippen LogP contribution in [0.4, 0.5) is 10.5 Å². The molecule has 2 amide bonds. The molecule has 0 unspecified atom stereocenters. The molecule has 0 radical (unpaired) electrons. The number of nitrogens with two attached hydrogens (primary N) is 1. The van der Waals surface area contributed by atoms with Crippen LogP contribution in [0, 0.1) is 0 Å². The number of amides is 2. The van der Waals surface area contributed by atoms with Gasteiger partial charge >= 0.3 is 6.03 Å². The van der Waals surface area contributed by atoms with Crippen molar-refractivity contribution in [2.45, 2.75) is 26.2 Å². The number of benzene rings is 1. The molecule has 0 aliphatic heterocycles. The highest BCUT2D eigenvalue weighted by Gasteiger charge is 2.04. The molecule has 0 aliphatic carbocycles. The number of aliphatic imine (C=N–C) groups is 1. The minimum absolute atomic E-state index is 0.328. The van der Waals surface area contributed by atoms with Crippen molar-refractivity contribution in [1.29, 1.82) is 0 Å². The van der Waals surface area contributed by atoms with Crippen LogP contribution in [-0.4, -0.2) is 11.9 Å². The third-order valence-electron chi connectivity index (χ3n) is 2.20. The van der Waals surface area contributed by atoms with Crippen LogP contribution in [0.5, 0.6) is 0 Å². The average Bonchev–Trinajstić information content (AvgIpc) is 2.31. The number of anilines is 1. The van der Waals surface area contributed by atoms with Crippen LogP contribution >= 0.6 is 23.2 Å². The van der Waals surface area contributed by atoms with Crippen LogP contribution in [0.3, 0.4) is 0 Å². The monoisotopic (exact) mass is 287 g/mol. The highest BCUT2D eigenvalue weighted by atomic mass is 35.5. The molecule has 3 N–H and O–H groups in total. The predicted octanol–water partition coefficient (Wildman–Crippen LogP) is 4.07. The summed E-state index contributed by atoms with van der Waals surface area (Å²) in [5.74, 6) is 0.328. The van der Waals surface area contributed by atoms with Crippen molar-refractivity contribution in [1.82, 2.24) is 0 Å². The Morgan fingerprint density at radius 1 is 1.39 bits per heavy atom. The number of carbonyl (C=O) groups excluding carboxylic acids is 1. The van der Waals surface area contributed by atoms with Gasteiger partial charge in [-0.15, -0.1) is 0 Å². The Balaban J connectivity index is 2.61. The first-order chi connectivity index (χ1) is 8.52. The smallest absolute Gasteiger partial charge is 0.347 e. The number of nitrogens with zero attached hydrogens (tertiary/aromatic N) is 1. The zero-order valence-electron chi connectivity index (χ0n) is 10.0. The first-order valence-corrected chi connectivity index (χ1v) is 6.37. The first-order valence-electron chi connectivity index (χ1n) is 5.62. The van der Waals surface area contributed by atoms with E-state index in [4.69, 9.17) is 28.9 Å². The van der Waals surface area contributed by atoms with Crippen molar-refractivity contribution in [3.05, 3.63) is 28.2 Å². The predicted molar refractivity (Wildman–Crippen MR) is 76.6 cm³/mol. The zero-order chi connectivity index (χ0) is 13.5. The Morgan fingerprint density at radius 2 is 2.11 bits per heavy atom. The van der Waals surface area contributed by atoms with Crippen LogP contribution in [0.1, 0.15) is 26.2 Å². The summed E-state index contributed by atoms with van der Waals surface area (Å²) in [7, 11) is 0. The SMILES string of the molecule is CCCCC(N)=NC(=O)Nc1ccc(Cl)c(Cl)c1. The first kappa shape index (κ1) is 14.8. The van der Waals surface area contributed by atoms with Gasteiger partial charge in [-0.2, -0.15) is 4.99 Å². The lowest BCUT2D eigenvalue weighted by atomic mass is 10.2. The maximum absolute atomic E-state index is 11.5. The number of urea groups is 1. The van der Waals surface area contributed by atoms with E-state index in [2.05, 4.69) is 10.3 Å². The summed E-state index contributed by atoms with van der Waals surface area (Å²) in [6, 6.07) is 4.29. The summed E-state index contributed by atoms with van der Waals surface area (Å²) < 4.78 is 0. The number of rotatable bonds is 4. The minimum Gasteiger partial charge on any atom is -0.387 e. The van der Waals surface area contributed by atoms with Crippen molar-refractivity contribution < 1.29 is 4.79 Å². The summed E-state index contributed by atoms with van der Waals surface area (Å²) in [6.45, 7) is 2.04. The van der Waals surface area contributed by atoms with E-state index in [1.807, 2.05) is 6.92 Å². The Kier molecular flexibility index (Phi) is 5.95. The van der Waals surface area contributed by atoms with Gasteiger partial charge in [-0.25, -0.2) is 4.79 Å². The van der Waals surface area contributed by atoms with Gasteiger partial charge in [0.05, 0.1) is 10.0 Å². The maximum atomic E-state index is 11.5. The molecule has 0 fully saturated rings. The molecular weight excluding hydrogens is 273 g/mol. The highest BCUT2D eigenvalue weighted by molar-refractivity contribution is 6.42. The summed E-state index contributed by atoms with van der Waals surface area (Å²) in [4.78, 5) is 15.3. The number of unbranched alkanes of at least 4 members (excludes halogenated alkanes) is 1. The molecule has 4 nitrogen and oxygen atoms in total. The summed E-state index contributed by atoms with van der Waals surface area (Å²) in [6.07, 6.45) is 2.53. The molecule has 0 atom stereocenters. The molecule has 0 saturated heterocycles. The normalized spacial score (nSPS) is 11.4. The third-order valence-corrected chi connectivity index (χ3v) is 2.94. The fourth-order valence-corrected chi connectivity index (χ4v) is 1.57. The van der Waals surface area contributed by atoms with Gasteiger partial charge in [-0.3, -0.25) is 0 Å². The number of amidine groups is 1. The summed E-state index contributed by atoms with van der Waals surface area (Å²) >= 11 is 11.6. The van der Waals surface area contributed by atoms with Crippen LogP contribution in [0.2, 0.25) is 10.0 Å². The average molecular weight is 288 g/mol. The van der Waals surface area contributed by atoms with E-state index in [1.54, 1.807) is 18.2 Å². The van der Waals surface area contributed by atoms with Crippen LogP contribution < -0.4 is 11.1 Å². The fraction of sp³-hybridized carbons (Fsp3) is 0.333. The second-order valence-corrected chi connectivity index (χ2v) is 4.58. The number of hydrogen-bond acceptors (Lipinski definition) is 1. The Bertz CT molecular complexity index is 461. The van der Waals surface area contributed by atoms with E-state index in [-0.39, 0.29) is 0 Å². The van der Waals surface area contributed by atoms with Gasteiger partial charge in [0.25, 0.3) is 0 Å². The van der Waals surface area contributed by atoms with Gasteiger partial charge in [0.1, 0.15) is 5.84 Å². The van der Waals surface area contributed by atoms with E-state index in [0.29, 0.717) is 28.0 Å². The van der Waals surface area contributed by atoms with Crippen molar-refractivity contribution in [3.8, 4) is 0 Å². The fourth-order valence-electron chi connectivity index (χ4n) is 1.27. The molecule has 1 aromatic carbocycles. The Hall–Kier alpha value is -1.26. The highest BCUT2D eigenvalue weighted by Crippen LogP contribution is 2.24. The van der Waals surface area contributed by atoms with Crippen LogP contribution in [0.15, 0.2) is 23.2 Å². The topological polar surface area (TPSA) is 67.5 Å². The van der Waals surface area contributed by atoms with E-state index in [1.165, 1.54) is 0 Å². The number of hydrogen-bond donors (Lipinski definition) is 2. The van der Waals surface area contributed by atoms with Gasteiger partial charge < -0.3 is 11.1 Å². The second-order valence-electron chi connectivity index (χ2n) is 3.77. The molecule has 1 aromatic rings. The lowest BCUT2D eigenvalue weighted by Crippen LogP contribution is -2.17. The van der Waals surface area contributed by atoms with Gasteiger partial charge in [-0.05, 0) is 24.6 Å². The van der Waals surface area contributed by atoms with Crippen LogP contribution in [-0.2, 0) is 0 Å². The number of halogens is 2. The molecular formula is C12H15Cl2N3O. The van der Waals surface area contributed by atoms with E-state index in [0.717, 1.165) is 12.8 Å². The maximum Gasteiger partial charge on any atom is 0.347 e. The zero-order valence-corrected chi connectivity index (χ0v) is 11.6. The van der Waals surface area contributed by atoms with E-state index < -0.39 is 6.03 Å². The molecule has 0 spiro atoms. The molecule has 6 heteroatoms. The van der Waals surface area contributed by atoms with Crippen molar-refractivity contribution >= 4 is 40.8 Å². The van der Waals surface area contributed by atoms with Crippen LogP contribution in [0.25, 0.3) is 0 Å². The lowest BCUT2D eigenvalue weighted by Gasteiger charge is -2.04. The summed E-state index contributed by atoms with van der Waals surface area (Å²) in [5.41, 5.74) is 6.14. The molecule has 0 bridgehead atoms. The van der Waals surface area contributed by atoms with Gasteiger partial charge in [-0.1, -0.05) is 36.5 Å². The number of nitrogens with one attached hydrogen (secondary N) is 1. The molecule has 0 heterocycles.